The number of hydrogen-bond donors (Lipinski definition) is 0. The van der Waals surface area contributed by atoms with Gasteiger partial charge in [-0.3, -0.25) is 0 Å². The van der Waals surface area contributed by atoms with Crippen molar-refractivity contribution in [1.82, 2.24) is 10.1 Å². The van der Waals surface area contributed by atoms with Gasteiger partial charge in [0.2, 0.25) is 5.82 Å². The summed E-state index contributed by atoms with van der Waals surface area (Å²) in [4.78, 5) is 16.3. The van der Waals surface area contributed by atoms with E-state index in [1.807, 2.05) is 6.07 Å². The molecule has 1 aromatic carbocycles. The number of carbonyl (C=O) groups excluding carboxylic acids is 1. The highest BCUT2D eigenvalue weighted by Gasteiger charge is 2.24. The molecule has 122 valence electrons. The Labute approximate surface area is 137 Å². The van der Waals surface area contributed by atoms with E-state index in [1.165, 1.54) is 12.5 Å². The van der Waals surface area contributed by atoms with E-state index in [2.05, 4.69) is 10.1 Å². The Kier molecular flexibility index (Phi) is 3.84. The molecule has 4 rings (SSSR count). The lowest BCUT2D eigenvalue weighted by atomic mass is 10.2. The molecule has 1 atom stereocenters. The molecular formula is C17H14N2O5. The molecule has 7 heteroatoms. The Morgan fingerprint density at radius 2 is 2.25 bits per heavy atom. The number of nitrogens with zero attached hydrogens (tertiary/aromatic N) is 2. The van der Waals surface area contributed by atoms with Crippen molar-refractivity contribution < 1.29 is 23.2 Å². The molecule has 1 fully saturated rings. The summed E-state index contributed by atoms with van der Waals surface area (Å²) in [6.45, 7) is 0.710. The normalized spacial score (nSPS) is 17.1. The van der Waals surface area contributed by atoms with Gasteiger partial charge in [-0.25, -0.2) is 4.79 Å². The average molecular weight is 326 g/mol. The Morgan fingerprint density at radius 3 is 3.04 bits per heavy atom. The third-order valence-electron chi connectivity index (χ3n) is 3.71. The van der Waals surface area contributed by atoms with Crippen LogP contribution in [0.5, 0.6) is 5.75 Å². The van der Waals surface area contributed by atoms with Gasteiger partial charge in [-0.1, -0.05) is 17.3 Å². The first-order valence-corrected chi connectivity index (χ1v) is 7.59. The topological polar surface area (TPSA) is 87.6 Å². The van der Waals surface area contributed by atoms with E-state index in [0.717, 1.165) is 12.8 Å². The SMILES string of the molecule is O=C(Oc1cccc(-c2noc([C@H]3CCCO3)n2)c1)c1ccoc1. The second-order valence-corrected chi connectivity index (χ2v) is 5.39. The highest BCUT2D eigenvalue weighted by Crippen LogP contribution is 2.29. The summed E-state index contributed by atoms with van der Waals surface area (Å²) >= 11 is 0. The summed E-state index contributed by atoms with van der Waals surface area (Å²) in [6, 6.07) is 8.48. The van der Waals surface area contributed by atoms with Crippen molar-refractivity contribution in [3.63, 3.8) is 0 Å². The predicted molar refractivity (Wildman–Crippen MR) is 81.3 cm³/mol. The van der Waals surface area contributed by atoms with Crippen molar-refractivity contribution in [3.8, 4) is 17.1 Å². The zero-order valence-electron chi connectivity index (χ0n) is 12.7. The number of benzene rings is 1. The number of aromatic nitrogens is 2. The maximum absolute atomic E-state index is 12.0. The predicted octanol–water partition coefficient (Wildman–Crippen LogP) is 3.40. The van der Waals surface area contributed by atoms with Gasteiger partial charge < -0.3 is 18.4 Å². The highest BCUT2D eigenvalue weighted by molar-refractivity contribution is 5.90. The van der Waals surface area contributed by atoms with Gasteiger partial charge >= 0.3 is 5.97 Å². The number of hydrogen-bond acceptors (Lipinski definition) is 7. The van der Waals surface area contributed by atoms with Crippen LogP contribution in [-0.4, -0.2) is 22.7 Å². The summed E-state index contributed by atoms with van der Waals surface area (Å²) in [6.07, 6.45) is 4.48. The molecule has 3 heterocycles. The number of esters is 1. The largest absolute Gasteiger partial charge is 0.472 e. The van der Waals surface area contributed by atoms with Gasteiger partial charge in [0.1, 0.15) is 18.1 Å². The van der Waals surface area contributed by atoms with Crippen LogP contribution in [0.4, 0.5) is 0 Å². The second kappa shape index (κ2) is 6.29. The van der Waals surface area contributed by atoms with E-state index in [4.69, 9.17) is 18.4 Å². The minimum absolute atomic E-state index is 0.131. The highest BCUT2D eigenvalue weighted by atomic mass is 16.5. The Bertz CT molecular complexity index is 834. The van der Waals surface area contributed by atoms with E-state index in [0.29, 0.717) is 35.2 Å². The molecule has 0 spiro atoms. The molecule has 0 radical (unpaired) electrons. The standard InChI is InChI=1S/C17H14N2O5/c20-17(12-6-8-21-10-12)23-13-4-1-3-11(9-13)15-18-16(24-19-15)14-5-2-7-22-14/h1,3-4,6,8-10,14H,2,5,7H2/t14-/m1/s1. The van der Waals surface area contributed by atoms with Crippen LogP contribution < -0.4 is 4.74 Å². The Balaban J connectivity index is 1.53. The van der Waals surface area contributed by atoms with E-state index in [-0.39, 0.29) is 6.10 Å². The zero-order valence-corrected chi connectivity index (χ0v) is 12.7. The van der Waals surface area contributed by atoms with E-state index in [1.54, 1.807) is 24.3 Å². The maximum Gasteiger partial charge on any atom is 0.346 e. The first-order valence-electron chi connectivity index (χ1n) is 7.59. The molecule has 24 heavy (non-hydrogen) atoms. The van der Waals surface area contributed by atoms with Crippen molar-refractivity contribution in [2.75, 3.05) is 6.61 Å². The van der Waals surface area contributed by atoms with E-state index >= 15 is 0 Å². The van der Waals surface area contributed by atoms with Gasteiger partial charge in [-0.2, -0.15) is 4.98 Å². The van der Waals surface area contributed by atoms with Crippen molar-refractivity contribution in [2.24, 2.45) is 0 Å². The lowest BCUT2D eigenvalue weighted by molar-refractivity contribution is 0.0734. The molecule has 2 aromatic heterocycles. The Hall–Kier alpha value is -2.93. The zero-order chi connectivity index (χ0) is 16.4. The van der Waals surface area contributed by atoms with Gasteiger partial charge in [0.25, 0.3) is 5.89 Å². The molecule has 0 N–H and O–H groups in total. The third kappa shape index (κ3) is 2.93. The van der Waals surface area contributed by atoms with Crippen LogP contribution in [0.15, 0.2) is 51.8 Å². The van der Waals surface area contributed by atoms with Crippen molar-refractivity contribution in [3.05, 3.63) is 54.3 Å². The van der Waals surface area contributed by atoms with Crippen LogP contribution in [-0.2, 0) is 4.74 Å². The lowest BCUT2D eigenvalue weighted by Gasteiger charge is -2.03. The molecule has 0 aliphatic carbocycles. The number of carbonyl (C=O) groups is 1. The Morgan fingerprint density at radius 1 is 1.29 bits per heavy atom. The van der Waals surface area contributed by atoms with Crippen molar-refractivity contribution >= 4 is 5.97 Å². The van der Waals surface area contributed by atoms with Crippen LogP contribution in [0, 0.1) is 0 Å². The van der Waals surface area contributed by atoms with Crippen LogP contribution in [0.2, 0.25) is 0 Å². The molecule has 7 nitrogen and oxygen atoms in total. The maximum atomic E-state index is 12.0. The molecule has 1 aliphatic rings. The fourth-order valence-electron chi connectivity index (χ4n) is 2.50. The van der Waals surface area contributed by atoms with E-state index < -0.39 is 5.97 Å². The van der Waals surface area contributed by atoms with Crippen LogP contribution in [0.25, 0.3) is 11.4 Å². The van der Waals surface area contributed by atoms with Gasteiger partial charge in [0.05, 0.1) is 11.8 Å². The van der Waals surface area contributed by atoms with Crippen LogP contribution >= 0.6 is 0 Å². The molecule has 0 saturated carbocycles. The van der Waals surface area contributed by atoms with Crippen LogP contribution in [0.1, 0.15) is 35.2 Å². The summed E-state index contributed by atoms with van der Waals surface area (Å²) < 4.78 is 21.0. The van der Waals surface area contributed by atoms with Crippen LogP contribution in [0.3, 0.4) is 0 Å². The smallest absolute Gasteiger partial charge is 0.346 e. The van der Waals surface area contributed by atoms with Gasteiger partial charge in [0.15, 0.2) is 0 Å². The van der Waals surface area contributed by atoms with Crippen molar-refractivity contribution in [1.29, 1.82) is 0 Å². The first-order chi connectivity index (χ1) is 11.8. The van der Waals surface area contributed by atoms with Gasteiger partial charge in [-0.15, -0.1) is 0 Å². The fourth-order valence-corrected chi connectivity index (χ4v) is 2.50. The quantitative estimate of drug-likeness (QED) is 0.536. The molecule has 1 saturated heterocycles. The minimum atomic E-state index is -0.492. The molecule has 0 amide bonds. The summed E-state index contributed by atoms with van der Waals surface area (Å²) in [5.74, 6) is 0.807. The fraction of sp³-hybridized carbons (Fsp3) is 0.235. The average Bonchev–Trinajstić information content (AvgIpc) is 3.36. The minimum Gasteiger partial charge on any atom is -0.472 e. The summed E-state index contributed by atoms with van der Waals surface area (Å²) in [7, 11) is 0. The van der Waals surface area contributed by atoms with Crippen molar-refractivity contribution in [2.45, 2.75) is 18.9 Å². The van der Waals surface area contributed by atoms with Gasteiger partial charge in [0, 0.05) is 12.2 Å². The lowest BCUT2D eigenvalue weighted by Crippen LogP contribution is -2.07. The molecule has 1 aliphatic heterocycles. The first kappa shape index (κ1) is 14.6. The molecule has 3 aromatic rings. The molecule has 0 bridgehead atoms. The monoisotopic (exact) mass is 326 g/mol. The third-order valence-corrected chi connectivity index (χ3v) is 3.71. The molecule has 0 unspecified atom stereocenters. The number of furan rings is 1. The second-order valence-electron chi connectivity index (χ2n) is 5.39. The number of ether oxygens (including phenoxy) is 2. The number of rotatable bonds is 4. The summed E-state index contributed by atoms with van der Waals surface area (Å²) in [5.41, 5.74) is 1.04. The molecular weight excluding hydrogens is 312 g/mol. The van der Waals surface area contributed by atoms with E-state index in [9.17, 15) is 4.79 Å². The summed E-state index contributed by atoms with van der Waals surface area (Å²) in [5, 5.41) is 3.98. The van der Waals surface area contributed by atoms with Gasteiger partial charge in [-0.05, 0) is 31.0 Å².